The first kappa shape index (κ1) is 22.5. The molecule has 4 heteroatoms. The van der Waals surface area contributed by atoms with Crippen LogP contribution in [0.1, 0.15) is 67.2 Å². The van der Waals surface area contributed by atoms with Gasteiger partial charge in [0.2, 0.25) is 0 Å². The minimum Gasteiger partial charge on any atom is -0.417 e. The molecule has 136 valence electrons. The maximum atomic E-state index is 11.0. The number of carbonyl (C=O) groups is 1. The summed E-state index contributed by atoms with van der Waals surface area (Å²) in [4.78, 5) is 11.0. The Morgan fingerprint density at radius 3 is 2.30 bits per heavy atom. The van der Waals surface area contributed by atoms with Crippen molar-refractivity contribution < 1.29 is 14.3 Å². The summed E-state index contributed by atoms with van der Waals surface area (Å²) in [6, 6.07) is 0. The van der Waals surface area contributed by atoms with Crippen LogP contribution in [-0.2, 0) is 9.22 Å². The minimum absolute atomic E-state index is 0.162. The molecule has 0 heterocycles. The molecule has 0 bridgehead atoms. The number of hydrogen-bond donors (Lipinski definition) is 1. The Labute approximate surface area is 144 Å². The highest BCUT2D eigenvalue weighted by Crippen LogP contribution is 2.36. The van der Waals surface area contributed by atoms with Gasteiger partial charge in [-0.3, -0.25) is 4.79 Å². The Morgan fingerprint density at radius 2 is 1.83 bits per heavy atom. The lowest BCUT2D eigenvalue weighted by molar-refractivity contribution is -0.124. The third-order valence-electron chi connectivity index (χ3n) is 4.96. The van der Waals surface area contributed by atoms with E-state index in [0.29, 0.717) is 12.3 Å². The van der Waals surface area contributed by atoms with Crippen molar-refractivity contribution in [2.45, 2.75) is 91.5 Å². The van der Waals surface area contributed by atoms with Gasteiger partial charge < -0.3 is 9.53 Å². The van der Waals surface area contributed by atoms with Gasteiger partial charge in [-0.15, -0.1) is 0 Å². The quantitative estimate of drug-likeness (QED) is 0.444. The Hall–Kier alpha value is -0.453. The summed E-state index contributed by atoms with van der Waals surface area (Å²) >= 11 is 0. The Balaban J connectivity index is 4.05. The highest BCUT2D eigenvalue weighted by Gasteiger charge is 2.37. The van der Waals surface area contributed by atoms with Gasteiger partial charge in [-0.05, 0) is 63.6 Å². The molecular formula is C19H38O3Si. The van der Waals surface area contributed by atoms with Crippen molar-refractivity contribution in [1.29, 1.82) is 0 Å². The van der Waals surface area contributed by atoms with Gasteiger partial charge in [-0.2, -0.15) is 0 Å². The molecule has 3 nitrogen and oxygen atoms in total. The van der Waals surface area contributed by atoms with Crippen molar-refractivity contribution >= 4 is 14.1 Å². The number of rotatable bonds is 10. The van der Waals surface area contributed by atoms with Crippen LogP contribution in [0, 0.1) is 5.92 Å². The van der Waals surface area contributed by atoms with Crippen LogP contribution in [0.2, 0.25) is 18.1 Å². The van der Waals surface area contributed by atoms with Crippen molar-refractivity contribution in [2.24, 2.45) is 5.92 Å². The van der Waals surface area contributed by atoms with E-state index < -0.39 is 14.4 Å². The zero-order valence-corrected chi connectivity index (χ0v) is 17.5. The van der Waals surface area contributed by atoms with E-state index in [1.807, 2.05) is 6.08 Å². The normalized spacial score (nSPS) is 16.3. The van der Waals surface area contributed by atoms with Crippen LogP contribution in [0.15, 0.2) is 11.6 Å². The second-order valence-electron chi connectivity index (χ2n) is 8.48. The molecule has 0 aliphatic rings. The molecule has 2 unspecified atom stereocenters. The van der Waals surface area contributed by atoms with E-state index in [1.54, 1.807) is 0 Å². The maximum absolute atomic E-state index is 11.0. The van der Waals surface area contributed by atoms with Crippen LogP contribution in [0.5, 0.6) is 0 Å². The molecule has 0 fully saturated rings. The fourth-order valence-corrected chi connectivity index (χ4v) is 3.09. The van der Waals surface area contributed by atoms with Gasteiger partial charge in [-0.1, -0.05) is 39.3 Å². The first-order chi connectivity index (χ1) is 10.4. The number of allylic oxidation sites excluding steroid dienone is 1. The molecule has 0 aromatic heterocycles. The minimum atomic E-state index is -1.64. The molecule has 23 heavy (non-hydrogen) atoms. The molecule has 0 aliphatic carbocycles. The predicted molar refractivity (Wildman–Crippen MR) is 101 cm³/mol. The van der Waals surface area contributed by atoms with Crippen molar-refractivity contribution in [3.05, 3.63) is 11.6 Å². The molecule has 0 amide bonds. The van der Waals surface area contributed by atoms with Crippen molar-refractivity contribution in [3.63, 3.8) is 0 Å². The molecule has 0 aromatic rings. The summed E-state index contributed by atoms with van der Waals surface area (Å²) in [5.74, 6) is 0.408. The number of Topliss-reactive ketones (excluding diaryl/α,β-unsaturated/α-hetero) is 1. The fraction of sp³-hybridized carbons (Fsp3) is 0.842. The van der Waals surface area contributed by atoms with Crippen LogP contribution < -0.4 is 0 Å². The summed E-state index contributed by atoms with van der Waals surface area (Å²) in [5, 5.41) is 9.76. The van der Waals surface area contributed by atoms with Gasteiger partial charge in [0.25, 0.3) is 0 Å². The summed E-state index contributed by atoms with van der Waals surface area (Å²) < 4.78 is 6.27. The van der Waals surface area contributed by atoms with Gasteiger partial charge in [-0.25, -0.2) is 0 Å². The average Bonchev–Trinajstić information content (AvgIpc) is 2.41. The first-order valence-corrected chi connectivity index (χ1v) is 11.8. The molecule has 2 atom stereocenters. The third-order valence-corrected chi connectivity index (χ3v) is 9.46. The van der Waals surface area contributed by atoms with Crippen molar-refractivity contribution in [2.75, 3.05) is 6.61 Å². The number of aliphatic hydroxyl groups excluding tert-OH is 1. The Kier molecular flexibility index (Phi) is 9.56. The summed E-state index contributed by atoms with van der Waals surface area (Å²) in [6.45, 7) is 18.0. The summed E-state index contributed by atoms with van der Waals surface area (Å²) in [5.41, 5.74) is 1.25. The van der Waals surface area contributed by atoms with Gasteiger partial charge in [0.15, 0.2) is 14.1 Å². The second kappa shape index (κ2) is 9.75. The molecule has 1 N–H and O–H groups in total. The maximum Gasteiger partial charge on any atom is 0.191 e. The SMILES string of the molecule is CC(=O)C(O)C/C=C(\C)CCCC(C)CO[Si](C)(C)C(C)(C)C. The first-order valence-electron chi connectivity index (χ1n) is 8.85. The third kappa shape index (κ3) is 9.43. The van der Waals surface area contributed by atoms with Gasteiger partial charge >= 0.3 is 0 Å². The number of hydrogen-bond acceptors (Lipinski definition) is 3. The Morgan fingerprint density at radius 1 is 1.26 bits per heavy atom. The van der Waals surface area contributed by atoms with E-state index in [9.17, 15) is 9.90 Å². The van der Waals surface area contributed by atoms with E-state index in [4.69, 9.17) is 4.43 Å². The largest absolute Gasteiger partial charge is 0.417 e. The van der Waals surface area contributed by atoms with E-state index in [-0.39, 0.29) is 10.8 Å². The average molecular weight is 343 g/mol. The molecule has 0 radical (unpaired) electrons. The second-order valence-corrected chi connectivity index (χ2v) is 13.3. The van der Waals surface area contributed by atoms with Crippen LogP contribution >= 0.6 is 0 Å². The predicted octanol–water partition coefficient (Wildman–Crippen LogP) is 5.10. The standard InChI is InChI=1S/C19H38O3Si/c1-15(12-13-18(21)17(3)20)10-9-11-16(2)14-22-23(7,8)19(4,5)6/h12,16,18,21H,9-11,13-14H2,1-8H3/b15-12+. The van der Waals surface area contributed by atoms with E-state index in [2.05, 4.69) is 47.7 Å². The lowest BCUT2D eigenvalue weighted by atomic mass is 10.0. The molecule has 0 rings (SSSR count). The van der Waals surface area contributed by atoms with Crippen LogP contribution in [-0.4, -0.2) is 31.9 Å². The van der Waals surface area contributed by atoms with Crippen molar-refractivity contribution in [1.82, 2.24) is 0 Å². The number of aliphatic hydroxyl groups is 1. The smallest absolute Gasteiger partial charge is 0.191 e. The van der Waals surface area contributed by atoms with E-state index in [1.165, 1.54) is 12.5 Å². The number of carbonyl (C=O) groups excluding carboxylic acids is 1. The molecule has 0 saturated carbocycles. The summed E-state index contributed by atoms with van der Waals surface area (Å²) in [7, 11) is -1.64. The molecular weight excluding hydrogens is 304 g/mol. The van der Waals surface area contributed by atoms with Crippen LogP contribution in [0.25, 0.3) is 0 Å². The molecule has 0 aromatic carbocycles. The summed E-state index contributed by atoms with van der Waals surface area (Å²) in [6.07, 6.45) is 4.88. The van der Waals surface area contributed by atoms with Crippen LogP contribution in [0.3, 0.4) is 0 Å². The molecule has 0 aliphatic heterocycles. The Bertz CT molecular complexity index is 394. The van der Waals surface area contributed by atoms with E-state index in [0.717, 1.165) is 25.9 Å². The molecule has 0 saturated heterocycles. The highest BCUT2D eigenvalue weighted by atomic mass is 28.4. The van der Waals surface area contributed by atoms with Gasteiger partial charge in [0.1, 0.15) is 6.10 Å². The van der Waals surface area contributed by atoms with Crippen LogP contribution in [0.4, 0.5) is 0 Å². The lowest BCUT2D eigenvalue weighted by Crippen LogP contribution is -2.41. The zero-order valence-electron chi connectivity index (χ0n) is 16.5. The van der Waals surface area contributed by atoms with Gasteiger partial charge in [0.05, 0.1) is 0 Å². The number of ketones is 1. The monoisotopic (exact) mass is 342 g/mol. The van der Waals surface area contributed by atoms with Gasteiger partial charge in [0, 0.05) is 6.61 Å². The van der Waals surface area contributed by atoms with E-state index >= 15 is 0 Å². The lowest BCUT2D eigenvalue weighted by Gasteiger charge is -2.37. The van der Waals surface area contributed by atoms with Crippen molar-refractivity contribution in [3.8, 4) is 0 Å². The topological polar surface area (TPSA) is 46.5 Å². The zero-order chi connectivity index (χ0) is 18.3. The highest BCUT2D eigenvalue weighted by molar-refractivity contribution is 6.74. The fourth-order valence-electron chi connectivity index (χ4n) is 1.96. The molecule has 0 spiro atoms.